The van der Waals surface area contributed by atoms with Crippen molar-refractivity contribution in [3.05, 3.63) is 11.7 Å². The van der Waals surface area contributed by atoms with Gasteiger partial charge in [0.15, 0.2) is 11.8 Å². The topological polar surface area (TPSA) is 89.8 Å². The molecule has 3 aliphatic rings. The van der Waals surface area contributed by atoms with Crippen LogP contribution < -0.4 is 5.73 Å². The molecule has 2 N–H and O–H groups in total. The lowest BCUT2D eigenvalue weighted by Gasteiger charge is -2.31. The van der Waals surface area contributed by atoms with Gasteiger partial charge in [-0.25, -0.2) is 0 Å². The third-order valence-corrected chi connectivity index (χ3v) is 5.35. The molecule has 3 fully saturated rings. The highest BCUT2D eigenvalue weighted by atomic mass is 127. The minimum absolute atomic E-state index is 0. The fraction of sp³-hybridized carbons (Fsp3) is 0.824. The summed E-state index contributed by atoms with van der Waals surface area (Å²) in [6.07, 6.45) is 6.62. The standard InChI is InChI=1S/C17H27N5O2.HI/c1-11-6-8-22(9-7-11)17(18)19-10-13-4-5-14(23-13)16-20-15(21-24-16)12-2-3-12;/h11-14H,2-10H2,1H3,(H2,18,19);1H/t13-,14+;/m1./s1. The Morgan fingerprint density at radius 2 is 1.96 bits per heavy atom. The van der Waals surface area contributed by atoms with Gasteiger partial charge in [0.25, 0.3) is 5.89 Å². The van der Waals surface area contributed by atoms with Crippen LogP contribution in [-0.2, 0) is 4.74 Å². The van der Waals surface area contributed by atoms with E-state index in [1.807, 2.05) is 0 Å². The zero-order chi connectivity index (χ0) is 16.5. The van der Waals surface area contributed by atoms with Crippen molar-refractivity contribution in [3.8, 4) is 0 Å². The summed E-state index contributed by atoms with van der Waals surface area (Å²) in [5.74, 6) is 3.43. The molecule has 0 spiro atoms. The van der Waals surface area contributed by atoms with E-state index < -0.39 is 0 Å². The van der Waals surface area contributed by atoms with Gasteiger partial charge in [0.05, 0.1) is 12.6 Å². The van der Waals surface area contributed by atoms with Gasteiger partial charge < -0.3 is 19.9 Å². The highest BCUT2D eigenvalue weighted by Crippen LogP contribution is 2.39. The molecule has 2 atom stereocenters. The number of likely N-dealkylation sites (tertiary alicyclic amines) is 1. The fourth-order valence-corrected chi connectivity index (χ4v) is 3.44. The number of hydrogen-bond donors (Lipinski definition) is 1. The van der Waals surface area contributed by atoms with Crippen LogP contribution in [0.25, 0.3) is 0 Å². The Kier molecular flexibility index (Phi) is 6.19. The number of ether oxygens (including phenoxy) is 1. The molecular weight excluding hydrogens is 433 g/mol. The zero-order valence-corrected chi connectivity index (χ0v) is 17.1. The molecule has 1 aliphatic carbocycles. The van der Waals surface area contributed by atoms with Gasteiger partial charge in [-0.1, -0.05) is 12.1 Å². The Morgan fingerprint density at radius 1 is 1.20 bits per heavy atom. The van der Waals surface area contributed by atoms with Gasteiger partial charge in [0, 0.05) is 19.0 Å². The number of guanidine groups is 1. The summed E-state index contributed by atoms with van der Waals surface area (Å²) in [6.45, 7) is 4.93. The first-order valence-electron chi connectivity index (χ1n) is 9.23. The second-order valence-electron chi connectivity index (χ2n) is 7.46. The van der Waals surface area contributed by atoms with E-state index in [0.717, 1.165) is 37.7 Å². The van der Waals surface area contributed by atoms with Crippen molar-refractivity contribution in [1.29, 1.82) is 0 Å². The van der Waals surface area contributed by atoms with Crippen molar-refractivity contribution in [2.24, 2.45) is 16.6 Å². The quantitative estimate of drug-likeness (QED) is 0.422. The van der Waals surface area contributed by atoms with Crippen LogP contribution in [0.5, 0.6) is 0 Å². The molecule has 0 unspecified atom stereocenters. The molecule has 1 aromatic heterocycles. The lowest BCUT2D eigenvalue weighted by molar-refractivity contribution is 0.0307. The predicted molar refractivity (Wildman–Crippen MR) is 105 cm³/mol. The molecule has 25 heavy (non-hydrogen) atoms. The number of halogens is 1. The van der Waals surface area contributed by atoms with Crippen molar-refractivity contribution in [2.75, 3.05) is 19.6 Å². The van der Waals surface area contributed by atoms with E-state index in [-0.39, 0.29) is 36.2 Å². The van der Waals surface area contributed by atoms with Gasteiger partial charge in [-0.15, -0.1) is 24.0 Å². The number of piperidine rings is 1. The largest absolute Gasteiger partial charge is 0.370 e. The minimum Gasteiger partial charge on any atom is -0.370 e. The van der Waals surface area contributed by atoms with Gasteiger partial charge >= 0.3 is 0 Å². The van der Waals surface area contributed by atoms with E-state index in [1.54, 1.807) is 0 Å². The molecular formula is C17H28IN5O2. The van der Waals surface area contributed by atoms with Crippen molar-refractivity contribution >= 4 is 29.9 Å². The summed E-state index contributed by atoms with van der Waals surface area (Å²) in [5.41, 5.74) is 6.14. The van der Waals surface area contributed by atoms with Crippen LogP contribution in [-0.4, -0.2) is 46.7 Å². The molecule has 7 nitrogen and oxygen atoms in total. The summed E-state index contributed by atoms with van der Waals surface area (Å²) in [5, 5.41) is 4.07. The second kappa shape index (κ2) is 8.20. The number of nitrogens with zero attached hydrogens (tertiary/aromatic N) is 4. The minimum atomic E-state index is -0.0812. The summed E-state index contributed by atoms with van der Waals surface area (Å²) >= 11 is 0. The van der Waals surface area contributed by atoms with Crippen molar-refractivity contribution in [3.63, 3.8) is 0 Å². The van der Waals surface area contributed by atoms with E-state index >= 15 is 0 Å². The van der Waals surface area contributed by atoms with Crippen LogP contribution in [0.4, 0.5) is 0 Å². The zero-order valence-electron chi connectivity index (χ0n) is 14.8. The third kappa shape index (κ3) is 4.64. The van der Waals surface area contributed by atoms with Gasteiger partial charge in [-0.3, -0.25) is 4.99 Å². The lowest BCUT2D eigenvalue weighted by atomic mass is 10.00. The number of hydrogen-bond acceptors (Lipinski definition) is 5. The Labute approximate surface area is 165 Å². The van der Waals surface area contributed by atoms with Gasteiger partial charge in [-0.05, 0) is 44.4 Å². The maximum absolute atomic E-state index is 6.14. The third-order valence-electron chi connectivity index (χ3n) is 5.35. The lowest BCUT2D eigenvalue weighted by Crippen LogP contribution is -2.42. The number of nitrogens with two attached hydrogens (primary N) is 1. The maximum atomic E-state index is 6.14. The molecule has 2 aliphatic heterocycles. The molecule has 140 valence electrons. The van der Waals surface area contributed by atoms with E-state index in [9.17, 15) is 0 Å². The Morgan fingerprint density at radius 3 is 2.68 bits per heavy atom. The number of aromatic nitrogens is 2. The Balaban J connectivity index is 0.00000182. The van der Waals surface area contributed by atoms with Crippen molar-refractivity contribution < 1.29 is 9.26 Å². The van der Waals surface area contributed by atoms with Crippen LogP contribution in [0, 0.1) is 5.92 Å². The van der Waals surface area contributed by atoms with Crippen LogP contribution in [0.1, 0.15) is 69.2 Å². The van der Waals surface area contributed by atoms with Crippen LogP contribution >= 0.6 is 24.0 Å². The normalized spacial score (nSPS) is 28.2. The molecule has 3 heterocycles. The number of aliphatic imine (C=N–C) groups is 1. The Bertz CT molecular complexity index is 596. The fourth-order valence-electron chi connectivity index (χ4n) is 3.44. The molecule has 1 saturated carbocycles. The van der Waals surface area contributed by atoms with Gasteiger partial charge in [0.2, 0.25) is 0 Å². The van der Waals surface area contributed by atoms with E-state index in [4.69, 9.17) is 15.0 Å². The molecule has 2 saturated heterocycles. The molecule has 0 aromatic carbocycles. The molecule has 1 aromatic rings. The summed E-state index contributed by atoms with van der Waals surface area (Å²) in [6, 6.07) is 0. The Hall–Kier alpha value is -0.900. The highest BCUT2D eigenvalue weighted by Gasteiger charge is 2.34. The SMILES string of the molecule is CC1CCN(C(N)=NC[C@H]2CC[C@@H](c3nc(C4CC4)no3)O2)CC1.I. The summed E-state index contributed by atoms with van der Waals surface area (Å²) < 4.78 is 11.4. The molecule has 0 bridgehead atoms. The van der Waals surface area contributed by atoms with Crippen LogP contribution in [0.2, 0.25) is 0 Å². The molecule has 8 heteroatoms. The molecule has 0 amide bonds. The van der Waals surface area contributed by atoms with Crippen molar-refractivity contribution in [1.82, 2.24) is 15.0 Å². The van der Waals surface area contributed by atoms with Crippen LogP contribution in [0.3, 0.4) is 0 Å². The molecule has 4 rings (SSSR count). The van der Waals surface area contributed by atoms with Gasteiger partial charge in [0.1, 0.15) is 6.10 Å². The average Bonchev–Trinajstić information content (AvgIpc) is 3.13. The first-order chi connectivity index (χ1) is 11.7. The average molecular weight is 461 g/mol. The van der Waals surface area contributed by atoms with E-state index in [0.29, 0.717) is 24.3 Å². The first kappa shape index (κ1) is 18.9. The summed E-state index contributed by atoms with van der Waals surface area (Å²) in [7, 11) is 0. The number of rotatable bonds is 4. The van der Waals surface area contributed by atoms with Crippen LogP contribution in [0.15, 0.2) is 9.52 Å². The maximum Gasteiger partial charge on any atom is 0.255 e. The van der Waals surface area contributed by atoms with Gasteiger partial charge in [-0.2, -0.15) is 4.98 Å². The monoisotopic (exact) mass is 461 g/mol. The van der Waals surface area contributed by atoms with Crippen molar-refractivity contribution in [2.45, 2.75) is 63.6 Å². The highest BCUT2D eigenvalue weighted by molar-refractivity contribution is 14.0. The second-order valence-corrected chi connectivity index (χ2v) is 7.46. The van der Waals surface area contributed by atoms with E-state index in [2.05, 4.69) is 27.0 Å². The summed E-state index contributed by atoms with van der Waals surface area (Å²) in [4.78, 5) is 11.2. The smallest absolute Gasteiger partial charge is 0.255 e. The first-order valence-corrected chi connectivity index (χ1v) is 9.23. The predicted octanol–water partition coefficient (Wildman–Crippen LogP) is 2.83. The molecule has 0 radical (unpaired) electrons. The van der Waals surface area contributed by atoms with E-state index in [1.165, 1.54) is 25.7 Å².